The molecule has 0 aliphatic carbocycles. The molecule has 1 aliphatic heterocycles. The Hall–Kier alpha value is -2.45. The molecule has 6 N–H and O–H groups in total. The van der Waals surface area contributed by atoms with Gasteiger partial charge in [0, 0.05) is 6.20 Å². The molecule has 2 aromatic rings. The molecule has 116 valence electrons. The lowest BCUT2D eigenvalue weighted by Crippen LogP contribution is -2.33. The summed E-state index contributed by atoms with van der Waals surface area (Å²) in [5.74, 6) is -0.153. The Balaban J connectivity index is 2.20. The SMILES string of the molecule is [C-]#[N+]c1cn([C@@H]2O[C@H](CO)[C@@H](O)[C@@H]2O)c2nc(N)[nH]c(=O)c12. The molecule has 22 heavy (non-hydrogen) atoms. The molecule has 0 amide bonds. The summed E-state index contributed by atoms with van der Waals surface area (Å²) in [4.78, 5) is 21.5. The van der Waals surface area contributed by atoms with Gasteiger partial charge < -0.3 is 30.4 Å². The Bertz CT molecular complexity index is 822. The van der Waals surface area contributed by atoms with Gasteiger partial charge in [0.2, 0.25) is 11.6 Å². The molecular formula is C12H13N5O5. The van der Waals surface area contributed by atoms with Gasteiger partial charge in [0.1, 0.15) is 24.0 Å². The van der Waals surface area contributed by atoms with E-state index in [9.17, 15) is 15.0 Å². The van der Waals surface area contributed by atoms with Crippen LogP contribution in [0.1, 0.15) is 6.23 Å². The second-order valence-electron chi connectivity index (χ2n) is 4.91. The highest BCUT2D eigenvalue weighted by atomic mass is 16.6. The lowest BCUT2D eigenvalue weighted by Gasteiger charge is -2.17. The van der Waals surface area contributed by atoms with Crippen molar-refractivity contribution in [2.24, 2.45) is 0 Å². The van der Waals surface area contributed by atoms with Crippen LogP contribution in [0.3, 0.4) is 0 Å². The Morgan fingerprint density at radius 2 is 2.23 bits per heavy atom. The van der Waals surface area contributed by atoms with Crippen molar-refractivity contribution in [2.45, 2.75) is 24.5 Å². The van der Waals surface area contributed by atoms with Gasteiger partial charge in [0.05, 0.1) is 18.6 Å². The number of aromatic nitrogens is 3. The standard InChI is InChI=1S/C12H13N5O5/c1-14-4-2-17(9-6(4)10(21)16-12(13)15-9)11-8(20)7(19)5(3-18)22-11/h2,5,7-8,11,18-20H,3H2,(H3,13,15,16,21)/t5-,7-,8+,11-/m1/s1. The van der Waals surface area contributed by atoms with Crippen LogP contribution in [-0.2, 0) is 4.74 Å². The number of nitrogen functional groups attached to an aromatic ring is 1. The number of nitrogens with one attached hydrogen (secondary N) is 1. The molecule has 1 saturated heterocycles. The van der Waals surface area contributed by atoms with Crippen LogP contribution in [0.15, 0.2) is 11.0 Å². The largest absolute Gasteiger partial charge is 0.394 e. The van der Waals surface area contributed by atoms with Crippen LogP contribution in [0.2, 0.25) is 0 Å². The quantitative estimate of drug-likeness (QED) is 0.422. The second-order valence-corrected chi connectivity index (χ2v) is 4.91. The van der Waals surface area contributed by atoms with E-state index in [1.165, 1.54) is 10.8 Å². The number of aromatic amines is 1. The van der Waals surface area contributed by atoms with Crippen LogP contribution in [0, 0.1) is 6.57 Å². The van der Waals surface area contributed by atoms with Crippen LogP contribution >= 0.6 is 0 Å². The topological polar surface area (TPSA) is 151 Å². The second kappa shape index (κ2) is 5.08. The van der Waals surface area contributed by atoms with Crippen molar-refractivity contribution in [1.82, 2.24) is 14.5 Å². The minimum atomic E-state index is -1.35. The number of fused-ring (bicyclic) bond motifs is 1. The molecule has 10 heteroatoms. The van der Waals surface area contributed by atoms with E-state index < -0.39 is 36.7 Å². The van der Waals surface area contributed by atoms with Gasteiger partial charge in [-0.05, 0) is 0 Å². The number of anilines is 1. The van der Waals surface area contributed by atoms with Gasteiger partial charge in [-0.15, -0.1) is 0 Å². The fourth-order valence-corrected chi connectivity index (χ4v) is 2.54. The first-order valence-corrected chi connectivity index (χ1v) is 6.38. The number of nitrogens with two attached hydrogens (primary N) is 1. The first-order chi connectivity index (χ1) is 10.5. The number of ether oxygens (including phenoxy) is 1. The molecule has 3 heterocycles. The van der Waals surface area contributed by atoms with E-state index in [2.05, 4.69) is 14.8 Å². The lowest BCUT2D eigenvalue weighted by molar-refractivity contribution is -0.0508. The summed E-state index contributed by atoms with van der Waals surface area (Å²) < 4.78 is 6.65. The maximum absolute atomic E-state index is 11.9. The molecule has 4 atom stereocenters. The van der Waals surface area contributed by atoms with E-state index in [1.54, 1.807) is 0 Å². The minimum absolute atomic E-state index is 0.0153. The fraction of sp³-hybridized carbons (Fsp3) is 0.417. The van der Waals surface area contributed by atoms with E-state index in [1.807, 2.05) is 0 Å². The molecule has 0 aromatic carbocycles. The molecular weight excluding hydrogens is 294 g/mol. The summed E-state index contributed by atoms with van der Waals surface area (Å²) in [6.45, 7) is 6.65. The van der Waals surface area contributed by atoms with Crippen molar-refractivity contribution in [3.05, 3.63) is 28.0 Å². The van der Waals surface area contributed by atoms with Crippen LogP contribution < -0.4 is 11.3 Å². The highest BCUT2D eigenvalue weighted by Gasteiger charge is 2.44. The van der Waals surface area contributed by atoms with Crippen molar-refractivity contribution in [3.63, 3.8) is 0 Å². The van der Waals surface area contributed by atoms with Gasteiger partial charge in [-0.3, -0.25) is 9.78 Å². The van der Waals surface area contributed by atoms with Crippen molar-refractivity contribution >= 4 is 22.7 Å². The predicted octanol–water partition coefficient (Wildman–Crippen LogP) is -1.53. The Kier molecular flexibility index (Phi) is 3.34. The summed E-state index contributed by atoms with van der Waals surface area (Å²) in [6.07, 6.45) is -3.44. The Labute approximate surface area is 123 Å². The smallest absolute Gasteiger partial charge is 0.251 e. The van der Waals surface area contributed by atoms with E-state index in [-0.39, 0.29) is 22.7 Å². The molecule has 1 aliphatic rings. The van der Waals surface area contributed by atoms with Gasteiger partial charge in [0.25, 0.3) is 5.56 Å². The predicted molar refractivity (Wildman–Crippen MR) is 74.0 cm³/mol. The highest BCUT2D eigenvalue weighted by molar-refractivity contribution is 5.90. The van der Waals surface area contributed by atoms with E-state index >= 15 is 0 Å². The zero-order valence-corrected chi connectivity index (χ0v) is 11.2. The van der Waals surface area contributed by atoms with E-state index in [0.717, 1.165) is 0 Å². The zero-order chi connectivity index (χ0) is 16.0. The molecule has 0 radical (unpaired) electrons. The fourth-order valence-electron chi connectivity index (χ4n) is 2.54. The summed E-state index contributed by atoms with van der Waals surface area (Å²) in [5.41, 5.74) is 5.00. The summed E-state index contributed by atoms with van der Waals surface area (Å²) in [7, 11) is 0. The maximum atomic E-state index is 11.9. The van der Waals surface area contributed by atoms with E-state index in [0.29, 0.717) is 0 Å². The maximum Gasteiger partial charge on any atom is 0.251 e. The molecule has 3 rings (SSSR count). The van der Waals surface area contributed by atoms with Crippen LogP contribution in [-0.4, -0.2) is 54.8 Å². The Morgan fingerprint density at radius 3 is 2.82 bits per heavy atom. The highest BCUT2D eigenvalue weighted by Crippen LogP contribution is 2.34. The minimum Gasteiger partial charge on any atom is -0.394 e. The molecule has 0 unspecified atom stereocenters. The van der Waals surface area contributed by atoms with Crippen molar-refractivity contribution in [3.8, 4) is 0 Å². The van der Waals surface area contributed by atoms with Gasteiger partial charge in [-0.1, -0.05) is 0 Å². The zero-order valence-electron chi connectivity index (χ0n) is 11.2. The summed E-state index contributed by atoms with van der Waals surface area (Å²) in [6, 6.07) is 0. The number of aliphatic hydroxyl groups is 3. The van der Waals surface area contributed by atoms with Crippen molar-refractivity contribution in [1.29, 1.82) is 0 Å². The number of rotatable bonds is 2. The van der Waals surface area contributed by atoms with E-state index in [4.69, 9.17) is 22.1 Å². The van der Waals surface area contributed by atoms with Crippen molar-refractivity contribution in [2.75, 3.05) is 12.3 Å². The number of H-pyrrole nitrogens is 1. The third-order valence-electron chi connectivity index (χ3n) is 3.59. The number of nitrogens with zero attached hydrogens (tertiary/aromatic N) is 3. The van der Waals surface area contributed by atoms with Gasteiger partial charge in [-0.2, -0.15) is 4.98 Å². The number of aliphatic hydroxyl groups excluding tert-OH is 3. The molecule has 2 aromatic heterocycles. The molecule has 10 nitrogen and oxygen atoms in total. The Morgan fingerprint density at radius 1 is 1.50 bits per heavy atom. The van der Waals surface area contributed by atoms with Crippen LogP contribution in [0.4, 0.5) is 11.6 Å². The summed E-state index contributed by atoms with van der Waals surface area (Å²) >= 11 is 0. The van der Waals surface area contributed by atoms with Gasteiger partial charge in [-0.25, -0.2) is 4.85 Å². The normalized spacial score (nSPS) is 28.1. The third-order valence-corrected chi connectivity index (χ3v) is 3.59. The molecule has 0 saturated carbocycles. The monoisotopic (exact) mass is 307 g/mol. The van der Waals surface area contributed by atoms with Crippen molar-refractivity contribution < 1.29 is 20.1 Å². The molecule has 0 bridgehead atoms. The van der Waals surface area contributed by atoms with Gasteiger partial charge in [0.15, 0.2) is 6.23 Å². The summed E-state index contributed by atoms with van der Waals surface area (Å²) in [5, 5.41) is 29.0. The number of hydrogen-bond donors (Lipinski definition) is 5. The average Bonchev–Trinajstić information content (AvgIpc) is 2.98. The average molecular weight is 307 g/mol. The molecule has 1 fully saturated rings. The third kappa shape index (κ3) is 1.96. The van der Waals surface area contributed by atoms with Crippen LogP contribution in [0.5, 0.6) is 0 Å². The first-order valence-electron chi connectivity index (χ1n) is 6.38. The number of hydrogen-bond acceptors (Lipinski definition) is 7. The van der Waals surface area contributed by atoms with Crippen LogP contribution in [0.25, 0.3) is 15.9 Å². The lowest BCUT2D eigenvalue weighted by atomic mass is 10.1. The van der Waals surface area contributed by atoms with Gasteiger partial charge >= 0.3 is 0 Å². The molecule has 0 spiro atoms. The first kappa shape index (κ1) is 14.5.